The fourth-order valence-electron chi connectivity index (χ4n) is 5.90. The Morgan fingerprint density at radius 2 is 1.02 bits per heavy atom. The molecule has 8 aromatic rings. The lowest BCUT2D eigenvalue weighted by Crippen LogP contribution is -2.10. The smallest absolute Gasteiger partial charge is 0.159 e. The predicted molar refractivity (Wildman–Crippen MR) is 169 cm³/mol. The molecular weight excluding hydrogens is 486 g/mol. The molecule has 0 N–H and O–H groups in total. The number of para-hydroxylation sites is 2. The van der Waals surface area contributed by atoms with Gasteiger partial charge in [0.25, 0.3) is 0 Å². The van der Waals surface area contributed by atoms with Gasteiger partial charge in [0.05, 0.1) is 5.69 Å². The Hall–Kier alpha value is -5.34. The van der Waals surface area contributed by atoms with Crippen molar-refractivity contribution < 1.29 is 4.42 Å². The summed E-state index contributed by atoms with van der Waals surface area (Å²) in [5.41, 5.74) is 7.35. The van der Waals surface area contributed by atoms with Crippen LogP contribution in [0.25, 0.3) is 54.6 Å². The quantitative estimate of drug-likeness (QED) is 0.218. The molecule has 2 heteroatoms. The molecule has 0 spiro atoms. The standard InChI is InChI=1S/C38H25NO/c1-2-9-26(10-3-1)27-19-22-30(23-20-27)39(36-15-8-14-34-33-13-6-7-16-37(33)40-38(34)36)31-24-21-29-18-17-28-11-4-5-12-32(28)35(29)25-31/h1-25H. The number of hydrogen-bond acceptors (Lipinski definition) is 2. The second-order valence-corrected chi connectivity index (χ2v) is 10.2. The first-order valence-electron chi connectivity index (χ1n) is 13.6. The van der Waals surface area contributed by atoms with E-state index in [1.165, 1.54) is 32.7 Å². The van der Waals surface area contributed by atoms with Crippen LogP contribution in [-0.4, -0.2) is 0 Å². The largest absolute Gasteiger partial charge is 0.454 e. The van der Waals surface area contributed by atoms with Gasteiger partial charge in [0.1, 0.15) is 5.58 Å². The molecule has 2 nitrogen and oxygen atoms in total. The monoisotopic (exact) mass is 511 g/mol. The van der Waals surface area contributed by atoms with Crippen molar-refractivity contribution in [1.82, 2.24) is 0 Å². The predicted octanol–water partition coefficient (Wildman–Crippen LogP) is 11.0. The SMILES string of the molecule is c1ccc(-c2ccc(N(c3ccc4ccc5ccccc5c4c3)c3cccc4c3oc3ccccc34)cc2)cc1. The third kappa shape index (κ3) is 3.65. The van der Waals surface area contributed by atoms with E-state index in [0.717, 1.165) is 39.0 Å². The van der Waals surface area contributed by atoms with Crippen molar-refractivity contribution in [2.24, 2.45) is 0 Å². The summed E-state index contributed by atoms with van der Waals surface area (Å²) in [6.07, 6.45) is 0. The van der Waals surface area contributed by atoms with Gasteiger partial charge in [-0.2, -0.15) is 0 Å². The molecule has 0 aliphatic heterocycles. The van der Waals surface area contributed by atoms with Crippen molar-refractivity contribution in [3.8, 4) is 11.1 Å². The van der Waals surface area contributed by atoms with Crippen LogP contribution in [0.4, 0.5) is 17.1 Å². The molecule has 0 aliphatic carbocycles. The lowest BCUT2D eigenvalue weighted by atomic mass is 10.0. The summed E-state index contributed by atoms with van der Waals surface area (Å²) in [5, 5.41) is 7.20. The average molecular weight is 512 g/mol. The maximum atomic E-state index is 6.52. The van der Waals surface area contributed by atoms with E-state index in [9.17, 15) is 0 Å². The van der Waals surface area contributed by atoms with Crippen molar-refractivity contribution in [3.05, 3.63) is 152 Å². The molecular formula is C38H25NO. The van der Waals surface area contributed by atoms with E-state index in [2.05, 4.69) is 144 Å². The van der Waals surface area contributed by atoms with Gasteiger partial charge in [-0.25, -0.2) is 0 Å². The normalized spacial score (nSPS) is 11.5. The van der Waals surface area contributed by atoms with E-state index >= 15 is 0 Å². The molecule has 188 valence electrons. The van der Waals surface area contributed by atoms with Gasteiger partial charge in [-0.15, -0.1) is 0 Å². The minimum absolute atomic E-state index is 0.883. The van der Waals surface area contributed by atoms with Gasteiger partial charge in [-0.05, 0) is 69.1 Å². The summed E-state index contributed by atoms with van der Waals surface area (Å²) >= 11 is 0. The third-order valence-electron chi connectivity index (χ3n) is 7.85. The van der Waals surface area contributed by atoms with Crippen LogP contribution in [0.2, 0.25) is 0 Å². The minimum Gasteiger partial charge on any atom is -0.454 e. The zero-order chi connectivity index (χ0) is 26.5. The highest BCUT2D eigenvalue weighted by molar-refractivity contribution is 6.12. The van der Waals surface area contributed by atoms with Gasteiger partial charge in [-0.1, -0.05) is 115 Å². The zero-order valence-electron chi connectivity index (χ0n) is 21.8. The molecule has 0 fully saturated rings. The van der Waals surface area contributed by atoms with Gasteiger partial charge in [0.15, 0.2) is 5.58 Å². The summed E-state index contributed by atoms with van der Waals surface area (Å²) < 4.78 is 6.52. The van der Waals surface area contributed by atoms with Gasteiger partial charge in [0.2, 0.25) is 0 Å². The van der Waals surface area contributed by atoms with Crippen LogP contribution in [0, 0.1) is 0 Å². The van der Waals surface area contributed by atoms with Gasteiger partial charge >= 0.3 is 0 Å². The van der Waals surface area contributed by atoms with Gasteiger partial charge in [-0.3, -0.25) is 0 Å². The minimum atomic E-state index is 0.883. The van der Waals surface area contributed by atoms with E-state index in [1.807, 2.05) is 12.1 Å². The number of furan rings is 1. The van der Waals surface area contributed by atoms with E-state index in [4.69, 9.17) is 4.42 Å². The second-order valence-electron chi connectivity index (χ2n) is 10.2. The number of anilines is 3. The maximum Gasteiger partial charge on any atom is 0.159 e. The maximum absolute atomic E-state index is 6.52. The Kier molecular flexibility index (Phi) is 5.17. The fourth-order valence-corrected chi connectivity index (χ4v) is 5.90. The van der Waals surface area contributed by atoms with E-state index in [-0.39, 0.29) is 0 Å². The molecule has 0 radical (unpaired) electrons. The Labute approximate surface area is 232 Å². The molecule has 0 unspecified atom stereocenters. The number of nitrogens with zero attached hydrogens (tertiary/aromatic N) is 1. The third-order valence-corrected chi connectivity index (χ3v) is 7.85. The van der Waals surface area contributed by atoms with Crippen LogP contribution in [0.5, 0.6) is 0 Å². The second kappa shape index (κ2) is 9.14. The Morgan fingerprint density at radius 3 is 1.88 bits per heavy atom. The number of fused-ring (bicyclic) bond motifs is 6. The van der Waals surface area contributed by atoms with E-state index in [0.29, 0.717) is 0 Å². The molecule has 1 heterocycles. The van der Waals surface area contributed by atoms with Crippen molar-refractivity contribution in [1.29, 1.82) is 0 Å². The summed E-state index contributed by atoms with van der Waals surface area (Å²) in [5.74, 6) is 0. The molecule has 0 atom stereocenters. The first kappa shape index (κ1) is 22.6. The highest BCUT2D eigenvalue weighted by Gasteiger charge is 2.20. The first-order chi connectivity index (χ1) is 19.8. The summed E-state index contributed by atoms with van der Waals surface area (Å²) in [6.45, 7) is 0. The average Bonchev–Trinajstić information content (AvgIpc) is 3.41. The van der Waals surface area contributed by atoms with E-state index < -0.39 is 0 Å². The number of benzene rings is 7. The Bertz CT molecular complexity index is 2160. The molecule has 0 saturated carbocycles. The summed E-state index contributed by atoms with van der Waals surface area (Å²) in [6, 6.07) is 53.8. The highest BCUT2D eigenvalue weighted by Crippen LogP contribution is 2.43. The lowest BCUT2D eigenvalue weighted by Gasteiger charge is -2.26. The van der Waals surface area contributed by atoms with Crippen LogP contribution < -0.4 is 4.90 Å². The highest BCUT2D eigenvalue weighted by atomic mass is 16.3. The van der Waals surface area contributed by atoms with Crippen LogP contribution in [0.3, 0.4) is 0 Å². The number of rotatable bonds is 4. The van der Waals surface area contributed by atoms with Crippen LogP contribution in [0.15, 0.2) is 156 Å². The van der Waals surface area contributed by atoms with Gasteiger partial charge in [0, 0.05) is 22.1 Å². The fraction of sp³-hybridized carbons (Fsp3) is 0. The molecule has 0 saturated heterocycles. The summed E-state index contributed by atoms with van der Waals surface area (Å²) in [4.78, 5) is 2.32. The van der Waals surface area contributed by atoms with Crippen LogP contribution >= 0.6 is 0 Å². The molecule has 1 aromatic heterocycles. The van der Waals surface area contributed by atoms with Crippen LogP contribution in [-0.2, 0) is 0 Å². The van der Waals surface area contributed by atoms with Crippen LogP contribution in [0.1, 0.15) is 0 Å². The van der Waals surface area contributed by atoms with Crippen molar-refractivity contribution in [3.63, 3.8) is 0 Å². The topological polar surface area (TPSA) is 16.4 Å². The van der Waals surface area contributed by atoms with Crippen molar-refractivity contribution >= 4 is 60.5 Å². The molecule has 0 bridgehead atoms. The zero-order valence-corrected chi connectivity index (χ0v) is 21.8. The lowest BCUT2D eigenvalue weighted by molar-refractivity contribution is 0.669. The molecule has 0 amide bonds. The first-order valence-corrected chi connectivity index (χ1v) is 13.6. The van der Waals surface area contributed by atoms with Crippen molar-refractivity contribution in [2.45, 2.75) is 0 Å². The van der Waals surface area contributed by atoms with Gasteiger partial charge < -0.3 is 9.32 Å². The summed E-state index contributed by atoms with van der Waals surface area (Å²) in [7, 11) is 0. The molecule has 40 heavy (non-hydrogen) atoms. The Balaban J connectivity index is 1.38. The molecule has 7 aromatic carbocycles. The molecule has 0 aliphatic rings. The Morgan fingerprint density at radius 1 is 0.400 bits per heavy atom. The molecule has 8 rings (SSSR count). The van der Waals surface area contributed by atoms with E-state index in [1.54, 1.807) is 0 Å². The van der Waals surface area contributed by atoms with Crippen molar-refractivity contribution in [2.75, 3.05) is 4.90 Å². The number of hydrogen-bond donors (Lipinski definition) is 0.